The van der Waals surface area contributed by atoms with Crippen LogP contribution in [-0.4, -0.2) is 11.1 Å². The van der Waals surface area contributed by atoms with Crippen molar-refractivity contribution in [2.24, 2.45) is 0 Å². The second-order valence-corrected chi connectivity index (χ2v) is 4.55. The first-order valence-corrected chi connectivity index (χ1v) is 6.11. The molecule has 0 bridgehead atoms. The highest BCUT2D eigenvalue weighted by Gasteiger charge is 2.11. The number of aromatic carboxylic acids is 1. The van der Waals surface area contributed by atoms with Gasteiger partial charge in [-0.3, -0.25) is 0 Å². The standard InChI is InChI=1S/C15H16O4/c1-10(2)12-5-3-4-6-13(12)18-9-11-7-8-14(19-11)15(16)17/h3-8,10H,9H2,1-2H3,(H,16,17). The number of carboxylic acid groups (broad SMARTS) is 1. The lowest BCUT2D eigenvalue weighted by atomic mass is 10.0. The molecule has 0 amide bonds. The van der Waals surface area contributed by atoms with Crippen molar-refractivity contribution in [3.05, 3.63) is 53.5 Å². The van der Waals surface area contributed by atoms with Gasteiger partial charge in [0.2, 0.25) is 5.76 Å². The van der Waals surface area contributed by atoms with Crippen LogP contribution in [0.1, 0.15) is 41.6 Å². The third-order valence-corrected chi connectivity index (χ3v) is 2.78. The van der Waals surface area contributed by atoms with Crippen LogP contribution in [0.3, 0.4) is 0 Å². The summed E-state index contributed by atoms with van der Waals surface area (Å²) >= 11 is 0. The Hall–Kier alpha value is -2.23. The van der Waals surface area contributed by atoms with Gasteiger partial charge in [-0.15, -0.1) is 0 Å². The molecule has 0 saturated heterocycles. The lowest BCUT2D eigenvalue weighted by Crippen LogP contribution is -1.99. The molecule has 1 aromatic heterocycles. The van der Waals surface area contributed by atoms with Gasteiger partial charge in [0.15, 0.2) is 0 Å². The van der Waals surface area contributed by atoms with E-state index in [4.69, 9.17) is 14.3 Å². The Balaban J connectivity index is 2.08. The maximum absolute atomic E-state index is 10.7. The lowest BCUT2D eigenvalue weighted by Gasteiger charge is -2.12. The van der Waals surface area contributed by atoms with Gasteiger partial charge in [0.05, 0.1) is 0 Å². The van der Waals surface area contributed by atoms with E-state index in [0.29, 0.717) is 11.7 Å². The number of rotatable bonds is 5. The van der Waals surface area contributed by atoms with E-state index in [1.54, 1.807) is 6.07 Å². The van der Waals surface area contributed by atoms with Crippen molar-refractivity contribution in [1.82, 2.24) is 0 Å². The fourth-order valence-corrected chi connectivity index (χ4v) is 1.81. The fraction of sp³-hybridized carbons (Fsp3) is 0.267. The highest BCUT2D eigenvalue weighted by Crippen LogP contribution is 2.26. The second kappa shape index (κ2) is 5.61. The van der Waals surface area contributed by atoms with Gasteiger partial charge in [-0.2, -0.15) is 0 Å². The Bertz CT molecular complexity index is 569. The van der Waals surface area contributed by atoms with Crippen LogP contribution in [0.5, 0.6) is 5.75 Å². The van der Waals surface area contributed by atoms with Crippen molar-refractivity contribution >= 4 is 5.97 Å². The van der Waals surface area contributed by atoms with Gasteiger partial charge >= 0.3 is 5.97 Å². The molecule has 0 spiro atoms. The number of benzene rings is 1. The Kier molecular flexibility index (Phi) is 3.90. The summed E-state index contributed by atoms with van der Waals surface area (Å²) in [5.41, 5.74) is 1.12. The first kappa shape index (κ1) is 13.2. The minimum absolute atomic E-state index is 0.0734. The molecule has 0 fully saturated rings. The Morgan fingerprint density at radius 3 is 2.63 bits per heavy atom. The van der Waals surface area contributed by atoms with Crippen LogP contribution in [0.2, 0.25) is 0 Å². The SMILES string of the molecule is CC(C)c1ccccc1OCc1ccc(C(=O)O)o1. The van der Waals surface area contributed by atoms with Crippen LogP contribution in [0.25, 0.3) is 0 Å². The number of ether oxygens (including phenoxy) is 1. The van der Waals surface area contributed by atoms with E-state index in [-0.39, 0.29) is 12.4 Å². The zero-order valence-corrected chi connectivity index (χ0v) is 10.9. The molecule has 0 aliphatic rings. The number of hydrogen-bond acceptors (Lipinski definition) is 3. The zero-order valence-electron chi connectivity index (χ0n) is 10.9. The van der Waals surface area contributed by atoms with E-state index < -0.39 is 5.97 Å². The van der Waals surface area contributed by atoms with Gasteiger partial charge in [-0.05, 0) is 29.7 Å². The molecule has 0 atom stereocenters. The number of carboxylic acids is 1. The first-order chi connectivity index (χ1) is 9.08. The van der Waals surface area contributed by atoms with Crippen molar-refractivity contribution in [2.75, 3.05) is 0 Å². The normalized spacial score (nSPS) is 10.7. The van der Waals surface area contributed by atoms with Gasteiger partial charge in [0.25, 0.3) is 0 Å². The molecule has 1 aromatic carbocycles. The molecule has 0 radical (unpaired) electrons. The van der Waals surface area contributed by atoms with Gasteiger partial charge < -0.3 is 14.3 Å². The number of furan rings is 1. The second-order valence-electron chi connectivity index (χ2n) is 4.55. The third kappa shape index (κ3) is 3.16. The van der Waals surface area contributed by atoms with E-state index in [2.05, 4.69) is 13.8 Å². The van der Waals surface area contributed by atoms with Crippen molar-refractivity contribution < 1.29 is 19.1 Å². The largest absolute Gasteiger partial charge is 0.485 e. The molecule has 0 unspecified atom stereocenters. The molecule has 100 valence electrons. The Morgan fingerprint density at radius 1 is 1.26 bits per heavy atom. The van der Waals surface area contributed by atoms with Crippen molar-refractivity contribution in [3.63, 3.8) is 0 Å². The highest BCUT2D eigenvalue weighted by molar-refractivity contribution is 5.84. The van der Waals surface area contributed by atoms with E-state index in [9.17, 15) is 4.79 Å². The molecule has 2 aromatic rings. The highest BCUT2D eigenvalue weighted by atomic mass is 16.5. The summed E-state index contributed by atoms with van der Waals surface area (Å²) in [6.45, 7) is 4.41. The van der Waals surface area contributed by atoms with Crippen LogP contribution in [0.4, 0.5) is 0 Å². The molecular formula is C15H16O4. The average molecular weight is 260 g/mol. The molecule has 4 heteroatoms. The van der Waals surface area contributed by atoms with Gasteiger partial charge in [-0.1, -0.05) is 32.0 Å². The maximum Gasteiger partial charge on any atom is 0.371 e. The molecule has 2 rings (SSSR count). The minimum atomic E-state index is -1.08. The van der Waals surface area contributed by atoms with E-state index in [1.807, 2.05) is 24.3 Å². The van der Waals surface area contributed by atoms with E-state index >= 15 is 0 Å². The molecule has 0 saturated carbocycles. The summed E-state index contributed by atoms with van der Waals surface area (Å²) in [7, 11) is 0. The van der Waals surface area contributed by atoms with E-state index in [0.717, 1.165) is 11.3 Å². The monoisotopic (exact) mass is 260 g/mol. The van der Waals surface area contributed by atoms with Crippen LogP contribution in [-0.2, 0) is 6.61 Å². The van der Waals surface area contributed by atoms with Crippen LogP contribution >= 0.6 is 0 Å². The predicted octanol–water partition coefficient (Wildman–Crippen LogP) is 3.68. The fourth-order valence-electron chi connectivity index (χ4n) is 1.81. The predicted molar refractivity (Wildman–Crippen MR) is 70.5 cm³/mol. The number of hydrogen-bond donors (Lipinski definition) is 1. The smallest absolute Gasteiger partial charge is 0.371 e. The molecule has 1 heterocycles. The molecule has 0 aliphatic heterocycles. The minimum Gasteiger partial charge on any atom is -0.485 e. The molecule has 4 nitrogen and oxygen atoms in total. The van der Waals surface area contributed by atoms with Crippen molar-refractivity contribution in [2.45, 2.75) is 26.4 Å². The molecule has 1 N–H and O–H groups in total. The topological polar surface area (TPSA) is 59.7 Å². The number of carbonyl (C=O) groups is 1. The van der Waals surface area contributed by atoms with Crippen LogP contribution < -0.4 is 4.74 Å². The number of para-hydroxylation sites is 1. The quantitative estimate of drug-likeness (QED) is 0.890. The van der Waals surface area contributed by atoms with Crippen LogP contribution in [0.15, 0.2) is 40.8 Å². The molecular weight excluding hydrogens is 244 g/mol. The summed E-state index contributed by atoms with van der Waals surface area (Å²) in [6.07, 6.45) is 0. The molecule has 0 aliphatic carbocycles. The van der Waals surface area contributed by atoms with Crippen molar-refractivity contribution in [1.29, 1.82) is 0 Å². The maximum atomic E-state index is 10.7. The first-order valence-electron chi connectivity index (χ1n) is 6.11. The van der Waals surface area contributed by atoms with E-state index in [1.165, 1.54) is 6.07 Å². The zero-order chi connectivity index (χ0) is 13.8. The van der Waals surface area contributed by atoms with Gasteiger partial charge in [0.1, 0.15) is 18.1 Å². The van der Waals surface area contributed by atoms with Crippen molar-refractivity contribution in [3.8, 4) is 5.75 Å². The van der Waals surface area contributed by atoms with Gasteiger partial charge in [-0.25, -0.2) is 4.79 Å². The Morgan fingerprint density at radius 2 is 2.00 bits per heavy atom. The van der Waals surface area contributed by atoms with Crippen LogP contribution in [0, 0.1) is 0 Å². The summed E-state index contributed by atoms with van der Waals surface area (Å²) in [4.78, 5) is 10.7. The summed E-state index contributed by atoms with van der Waals surface area (Å²) in [6, 6.07) is 10.8. The lowest BCUT2D eigenvalue weighted by molar-refractivity contribution is 0.0658. The summed E-state index contributed by atoms with van der Waals surface area (Å²) < 4.78 is 10.8. The third-order valence-electron chi connectivity index (χ3n) is 2.78. The Labute approximate surface area is 111 Å². The van der Waals surface area contributed by atoms with Gasteiger partial charge in [0, 0.05) is 0 Å². The molecule has 19 heavy (non-hydrogen) atoms. The average Bonchev–Trinajstić information content (AvgIpc) is 2.85. The summed E-state index contributed by atoms with van der Waals surface area (Å²) in [5.74, 6) is 0.508. The summed E-state index contributed by atoms with van der Waals surface area (Å²) in [5, 5.41) is 8.77.